The zero-order chi connectivity index (χ0) is 24.9. The van der Waals surface area contributed by atoms with Gasteiger partial charge in [-0.15, -0.1) is 0 Å². The SMILES string of the molecule is COCCCN(C(=O)C1CCCCC1)C(C)c1nc2ccccc2c(=O)n1-c1ccc(C)cc1C. The first-order valence-corrected chi connectivity index (χ1v) is 12.8. The van der Waals surface area contributed by atoms with Crippen LogP contribution in [0.2, 0.25) is 0 Å². The molecule has 1 aliphatic rings. The van der Waals surface area contributed by atoms with Crippen LogP contribution in [0, 0.1) is 19.8 Å². The number of rotatable bonds is 8. The van der Waals surface area contributed by atoms with Crippen LogP contribution < -0.4 is 5.56 Å². The van der Waals surface area contributed by atoms with E-state index in [0.717, 1.165) is 48.9 Å². The van der Waals surface area contributed by atoms with Crippen LogP contribution in [0.15, 0.2) is 47.3 Å². The van der Waals surface area contributed by atoms with Crippen molar-refractivity contribution in [2.24, 2.45) is 5.92 Å². The van der Waals surface area contributed by atoms with Gasteiger partial charge in [-0.1, -0.05) is 49.1 Å². The van der Waals surface area contributed by atoms with Gasteiger partial charge in [-0.2, -0.15) is 0 Å². The van der Waals surface area contributed by atoms with E-state index < -0.39 is 0 Å². The van der Waals surface area contributed by atoms with E-state index in [1.165, 1.54) is 6.42 Å². The largest absolute Gasteiger partial charge is 0.385 e. The molecule has 1 fully saturated rings. The number of para-hydroxylation sites is 1. The summed E-state index contributed by atoms with van der Waals surface area (Å²) in [4.78, 5) is 34.6. The average Bonchev–Trinajstić information content (AvgIpc) is 2.87. The number of carbonyl (C=O) groups excluding carboxylic acids is 1. The standard InChI is InChI=1S/C29H37N3O3/c1-20-15-16-26(21(2)19-20)32-27(30-25-14-9-8-13-24(25)29(32)34)22(3)31(17-10-18-35-4)28(33)23-11-6-5-7-12-23/h8-9,13-16,19,22-23H,5-7,10-12,17-18H2,1-4H3. The Hall–Kier alpha value is -2.99. The summed E-state index contributed by atoms with van der Waals surface area (Å²) in [6, 6.07) is 13.2. The molecule has 0 saturated heterocycles. The Labute approximate surface area is 207 Å². The van der Waals surface area contributed by atoms with Crippen LogP contribution in [0.4, 0.5) is 0 Å². The third-order valence-corrected chi connectivity index (χ3v) is 7.22. The number of ether oxygens (including phenoxy) is 1. The van der Waals surface area contributed by atoms with Crippen molar-refractivity contribution < 1.29 is 9.53 Å². The molecule has 186 valence electrons. The molecule has 1 amide bonds. The molecule has 0 N–H and O–H groups in total. The van der Waals surface area contributed by atoms with E-state index in [1.807, 2.05) is 62.1 Å². The molecular weight excluding hydrogens is 438 g/mol. The number of fused-ring (bicyclic) bond motifs is 1. The summed E-state index contributed by atoms with van der Waals surface area (Å²) < 4.78 is 7.01. The Morgan fingerprint density at radius 3 is 2.60 bits per heavy atom. The molecule has 1 heterocycles. The Kier molecular flexibility index (Phi) is 8.01. The lowest BCUT2D eigenvalue weighted by Gasteiger charge is -2.34. The van der Waals surface area contributed by atoms with E-state index in [0.29, 0.717) is 29.9 Å². The summed E-state index contributed by atoms with van der Waals surface area (Å²) in [5.41, 5.74) is 3.50. The average molecular weight is 476 g/mol. The van der Waals surface area contributed by atoms with Gasteiger partial charge in [0.05, 0.1) is 22.6 Å². The van der Waals surface area contributed by atoms with Crippen LogP contribution >= 0.6 is 0 Å². The van der Waals surface area contributed by atoms with Crippen LogP contribution in [0.3, 0.4) is 0 Å². The summed E-state index contributed by atoms with van der Waals surface area (Å²) in [5.74, 6) is 0.806. The van der Waals surface area contributed by atoms with Crippen molar-refractivity contribution in [2.45, 2.75) is 65.3 Å². The van der Waals surface area contributed by atoms with Crippen LogP contribution in [0.1, 0.15) is 68.4 Å². The number of hydrogen-bond acceptors (Lipinski definition) is 4. The Morgan fingerprint density at radius 2 is 1.89 bits per heavy atom. The summed E-state index contributed by atoms with van der Waals surface area (Å²) >= 11 is 0. The van der Waals surface area contributed by atoms with Gasteiger partial charge in [0.15, 0.2) is 0 Å². The first-order chi connectivity index (χ1) is 16.9. The number of amides is 1. The lowest BCUT2D eigenvalue weighted by molar-refractivity contribution is -0.139. The molecule has 2 aromatic carbocycles. The fourth-order valence-corrected chi connectivity index (χ4v) is 5.32. The molecular formula is C29H37N3O3. The van der Waals surface area contributed by atoms with Crippen molar-refractivity contribution in [3.63, 3.8) is 0 Å². The highest BCUT2D eigenvalue weighted by Crippen LogP contribution is 2.30. The van der Waals surface area contributed by atoms with Gasteiger partial charge < -0.3 is 9.64 Å². The third-order valence-electron chi connectivity index (χ3n) is 7.22. The lowest BCUT2D eigenvalue weighted by atomic mass is 9.88. The van der Waals surface area contributed by atoms with E-state index in [4.69, 9.17) is 9.72 Å². The van der Waals surface area contributed by atoms with Crippen molar-refractivity contribution in [3.8, 4) is 5.69 Å². The maximum atomic E-state index is 13.8. The Bertz CT molecular complexity index is 1240. The lowest BCUT2D eigenvalue weighted by Crippen LogP contribution is -2.42. The van der Waals surface area contributed by atoms with Gasteiger partial charge in [-0.25, -0.2) is 4.98 Å². The predicted octanol–water partition coefficient (Wildman–Crippen LogP) is 5.51. The molecule has 35 heavy (non-hydrogen) atoms. The quantitative estimate of drug-likeness (QED) is 0.403. The van der Waals surface area contributed by atoms with E-state index in [1.54, 1.807) is 11.7 Å². The zero-order valence-electron chi connectivity index (χ0n) is 21.4. The topological polar surface area (TPSA) is 64.4 Å². The molecule has 1 saturated carbocycles. The maximum absolute atomic E-state index is 13.8. The fourth-order valence-electron chi connectivity index (χ4n) is 5.32. The molecule has 0 aliphatic heterocycles. The monoisotopic (exact) mass is 475 g/mol. The molecule has 1 aliphatic carbocycles. The highest BCUT2D eigenvalue weighted by atomic mass is 16.5. The van der Waals surface area contributed by atoms with E-state index >= 15 is 0 Å². The first kappa shape index (κ1) is 25.1. The van der Waals surface area contributed by atoms with Crippen LogP contribution in [-0.4, -0.2) is 40.6 Å². The molecule has 1 unspecified atom stereocenters. The molecule has 0 bridgehead atoms. The second-order valence-corrected chi connectivity index (χ2v) is 9.81. The van der Waals surface area contributed by atoms with Gasteiger partial charge >= 0.3 is 0 Å². The second kappa shape index (κ2) is 11.2. The van der Waals surface area contributed by atoms with E-state index in [-0.39, 0.29) is 23.4 Å². The number of hydrogen-bond donors (Lipinski definition) is 0. The molecule has 4 rings (SSSR count). The summed E-state index contributed by atoms with van der Waals surface area (Å²) in [6.45, 7) is 7.21. The second-order valence-electron chi connectivity index (χ2n) is 9.81. The molecule has 1 aromatic heterocycles. The van der Waals surface area contributed by atoms with Crippen molar-refractivity contribution in [1.82, 2.24) is 14.5 Å². The number of carbonyl (C=O) groups is 1. The van der Waals surface area contributed by atoms with Gasteiger partial charge in [-0.3, -0.25) is 14.2 Å². The van der Waals surface area contributed by atoms with Crippen LogP contribution in [0.25, 0.3) is 16.6 Å². The summed E-state index contributed by atoms with van der Waals surface area (Å²) in [5, 5.41) is 0.577. The zero-order valence-corrected chi connectivity index (χ0v) is 21.4. The number of benzene rings is 2. The van der Waals surface area contributed by atoms with Crippen molar-refractivity contribution >= 4 is 16.8 Å². The molecule has 3 aromatic rings. The van der Waals surface area contributed by atoms with Crippen LogP contribution in [0.5, 0.6) is 0 Å². The number of nitrogens with zero attached hydrogens (tertiary/aromatic N) is 3. The van der Waals surface area contributed by atoms with Gasteiger partial charge in [0.25, 0.3) is 5.56 Å². The summed E-state index contributed by atoms with van der Waals surface area (Å²) in [6.07, 6.45) is 5.99. The fraction of sp³-hybridized carbons (Fsp3) is 0.483. The highest BCUT2D eigenvalue weighted by molar-refractivity contribution is 5.80. The molecule has 6 heteroatoms. The minimum Gasteiger partial charge on any atom is -0.385 e. The normalized spacial score (nSPS) is 15.3. The number of aromatic nitrogens is 2. The minimum absolute atomic E-state index is 0.0375. The van der Waals surface area contributed by atoms with Gasteiger partial charge in [-0.05, 0) is 63.8 Å². The Balaban J connectivity index is 1.86. The van der Waals surface area contributed by atoms with Crippen molar-refractivity contribution in [3.05, 3.63) is 69.8 Å². The summed E-state index contributed by atoms with van der Waals surface area (Å²) in [7, 11) is 1.68. The van der Waals surface area contributed by atoms with Crippen molar-refractivity contribution in [1.29, 1.82) is 0 Å². The highest BCUT2D eigenvalue weighted by Gasteiger charge is 2.32. The number of methoxy groups -OCH3 is 1. The maximum Gasteiger partial charge on any atom is 0.266 e. The van der Waals surface area contributed by atoms with Gasteiger partial charge in [0.2, 0.25) is 5.91 Å². The molecule has 0 spiro atoms. The molecule has 6 nitrogen and oxygen atoms in total. The third kappa shape index (κ3) is 5.32. The van der Waals surface area contributed by atoms with E-state index in [9.17, 15) is 9.59 Å². The molecule has 0 radical (unpaired) electrons. The first-order valence-electron chi connectivity index (χ1n) is 12.8. The number of aryl methyl sites for hydroxylation is 2. The van der Waals surface area contributed by atoms with Crippen LogP contribution in [-0.2, 0) is 9.53 Å². The smallest absolute Gasteiger partial charge is 0.266 e. The van der Waals surface area contributed by atoms with Gasteiger partial charge in [0.1, 0.15) is 5.82 Å². The van der Waals surface area contributed by atoms with E-state index in [2.05, 4.69) is 6.07 Å². The molecule has 1 atom stereocenters. The van der Waals surface area contributed by atoms with Gasteiger partial charge in [0, 0.05) is 26.2 Å². The minimum atomic E-state index is -0.362. The van der Waals surface area contributed by atoms with Crippen molar-refractivity contribution in [2.75, 3.05) is 20.3 Å². The predicted molar refractivity (Wildman–Crippen MR) is 140 cm³/mol. The Morgan fingerprint density at radius 1 is 1.14 bits per heavy atom.